The summed E-state index contributed by atoms with van der Waals surface area (Å²) < 4.78 is 11.8. The van der Waals surface area contributed by atoms with Crippen molar-refractivity contribution in [1.29, 1.82) is 0 Å². The smallest absolute Gasteiger partial charge is 0.410 e. The van der Waals surface area contributed by atoms with Gasteiger partial charge in [-0.2, -0.15) is 0 Å². The molecule has 2 atom stereocenters. The van der Waals surface area contributed by atoms with Gasteiger partial charge in [0.15, 0.2) is 0 Å². The third-order valence-corrected chi connectivity index (χ3v) is 10.8. The van der Waals surface area contributed by atoms with E-state index in [1.54, 1.807) is 0 Å². The van der Waals surface area contributed by atoms with Crippen LogP contribution in [-0.2, 0) is 14.0 Å². The standard InChI is InChI=1S/C23H29NO5Si/c1-23(2,3)30(18-11-7-5-8-12-18,19-13-9-6-10-14-19)29-17-15-20(21(25)26)24(16-17)22(27)28-4/h5-14,17,20H,15-16H2,1-4H3,(H,25,26)/t17-,20?/m0/s1. The molecule has 0 aliphatic carbocycles. The van der Waals surface area contributed by atoms with Crippen molar-refractivity contribution in [2.75, 3.05) is 13.7 Å². The molecule has 0 radical (unpaired) electrons. The predicted octanol–water partition coefficient (Wildman–Crippen LogP) is 2.86. The van der Waals surface area contributed by atoms with Crippen LogP contribution in [0.2, 0.25) is 5.04 Å². The molecule has 1 saturated heterocycles. The summed E-state index contributed by atoms with van der Waals surface area (Å²) in [5.41, 5.74) is 0. The Labute approximate surface area is 178 Å². The molecule has 2 aromatic carbocycles. The van der Waals surface area contributed by atoms with E-state index in [0.717, 1.165) is 10.4 Å². The van der Waals surface area contributed by atoms with Crippen molar-refractivity contribution in [1.82, 2.24) is 4.90 Å². The van der Waals surface area contributed by atoms with Crippen molar-refractivity contribution in [3.63, 3.8) is 0 Å². The van der Waals surface area contributed by atoms with Gasteiger partial charge in [-0.3, -0.25) is 4.90 Å². The molecule has 6 nitrogen and oxygen atoms in total. The van der Waals surface area contributed by atoms with Crippen LogP contribution in [0.25, 0.3) is 0 Å². The van der Waals surface area contributed by atoms with Gasteiger partial charge < -0.3 is 14.3 Å². The van der Waals surface area contributed by atoms with Crippen molar-refractivity contribution in [2.24, 2.45) is 0 Å². The summed E-state index contributed by atoms with van der Waals surface area (Å²) in [4.78, 5) is 25.2. The minimum absolute atomic E-state index is 0.189. The first-order valence-electron chi connectivity index (χ1n) is 10.1. The second-order valence-corrected chi connectivity index (χ2v) is 12.9. The number of rotatable bonds is 5. The first-order valence-corrected chi connectivity index (χ1v) is 12.0. The van der Waals surface area contributed by atoms with E-state index in [-0.39, 0.29) is 18.0 Å². The summed E-state index contributed by atoms with van der Waals surface area (Å²) in [5.74, 6) is -1.05. The highest BCUT2D eigenvalue weighted by Crippen LogP contribution is 2.39. The third kappa shape index (κ3) is 4.00. The molecule has 0 saturated carbocycles. The van der Waals surface area contributed by atoms with Crippen molar-refractivity contribution < 1.29 is 23.9 Å². The monoisotopic (exact) mass is 427 g/mol. The summed E-state index contributed by atoms with van der Waals surface area (Å²) in [6.07, 6.45) is -0.818. The van der Waals surface area contributed by atoms with Crippen molar-refractivity contribution in [3.8, 4) is 0 Å². The molecule has 1 aliphatic rings. The maximum Gasteiger partial charge on any atom is 0.410 e. The van der Waals surface area contributed by atoms with Gasteiger partial charge in [-0.15, -0.1) is 0 Å². The normalized spacial score (nSPS) is 19.5. The number of benzene rings is 2. The van der Waals surface area contributed by atoms with E-state index in [2.05, 4.69) is 45.0 Å². The number of ether oxygens (including phenoxy) is 1. The van der Waals surface area contributed by atoms with Gasteiger partial charge in [0, 0.05) is 13.0 Å². The fourth-order valence-electron chi connectivity index (χ4n) is 4.38. The molecular formula is C23H29NO5Si. The molecule has 0 bridgehead atoms. The topological polar surface area (TPSA) is 76.1 Å². The van der Waals surface area contributed by atoms with Crippen LogP contribution >= 0.6 is 0 Å². The fourth-order valence-corrected chi connectivity index (χ4v) is 9.06. The van der Waals surface area contributed by atoms with Gasteiger partial charge in [-0.25, -0.2) is 9.59 Å². The Morgan fingerprint density at radius 3 is 1.90 bits per heavy atom. The first kappa shape index (κ1) is 22.1. The number of methoxy groups -OCH3 is 1. The number of amides is 1. The van der Waals surface area contributed by atoms with Crippen molar-refractivity contribution in [3.05, 3.63) is 60.7 Å². The maximum atomic E-state index is 12.2. The number of carbonyl (C=O) groups excluding carboxylic acids is 1. The number of carbonyl (C=O) groups is 2. The number of aliphatic carboxylic acids is 1. The summed E-state index contributed by atoms with van der Waals surface area (Å²) >= 11 is 0. The zero-order valence-electron chi connectivity index (χ0n) is 17.9. The average Bonchev–Trinajstić information content (AvgIpc) is 3.16. The second kappa shape index (κ2) is 8.61. The van der Waals surface area contributed by atoms with Gasteiger partial charge in [0.2, 0.25) is 0 Å². The van der Waals surface area contributed by atoms with Crippen molar-refractivity contribution in [2.45, 2.75) is 44.4 Å². The summed E-state index contributed by atoms with van der Waals surface area (Å²) in [7, 11) is -1.56. The zero-order valence-corrected chi connectivity index (χ0v) is 18.9. The predicted molar refractivity (Wildman–Crippen MR) is 118 cm³/mol. The molecule has 1 aliphatic heterocycles. The Bertz CT molecular complexity index is 842. The minimum Gasteiger partial charge on any atom is -0.480 e. The van der Waals surface area contributed by atoms with E-state index < -0.39 is 32.5 Å². The molecule has 7 heteroatoms. The van der Waals surface area contributed by atoms with Crippen LogP contribution in [0.3, 0.4) is 0 Å². The second-order valence-electron chi connectivity index (χ2n) is 8.62. The summed E-state index contributed by atoms with van der Waals surface area (Å²) in [6.45, 7) is 6.69. The van der Waals surface area contributed by atoms with Crippen LogP contribution < -0.4 is 10.4 Å². The molecule has 1 amide bonds. The molecule has 0 aromatic heterocycles. The molecule has 2 aromatic rings. The Kier molecular flexibility index (Phi) is 6.33. The van der Waals surface area contributed by atoms with Crippen LogP contribution in [-0.4, -0.2) is 56.2 Å². The third-order valence-electron chi connectivity index (χ3n) is 5.72. The Balaban J connectivity index is 2.08. The molecule has 1 fully saturated rings. The zero-order chi connectivity index (χ0) is 21.9. The lowest BCUT2D eigenvalue weighted by Gasteiger charge is -2.44. The minimum atomic E-state index is -2.82. The lowest BCUT2D eigenvalue weighted by atomic mass is 10.2. The number of likely N-dealkylation sites (tertiary alicyclic amines) is 1. The van der Waals surface area contributed by atoms with E-state index in [4.69, 9.17) is 9.16 Å². The van der Waals surface area contributed by atoms with E-state index >= 15 is 0 Å². The SMILES string of the molecule is COC(=O)N1C[C@@H](O[Si](c2ccccc2)(c2ccccc2)C(C)(C)C)CC1C(=O)O. The molecule has 1 unspecified atom stereocenters. The van der Waals surface area contributed by atoms with Crippen LogP contribution in [0.15, 0.2) is 60.7 Å². The van der Waals surface area contributed by atoms with Crippen LogP contribution in [0.5, 0.6) is 0 Å². The van der Waals surface area contributed by atoms with Gasteiger partial charge in [-0.05, 0) is 15.4 Å². The Morgan fingerprint density at radius 2 is 1.50 bits per heavy atom. The molecule has 1 N–H and O–H groups in total. The largest absolute Gasteiger partial charge is 0.480 e. The average molecular weight is 428 g/mol. The number of carboxylic acids is 1. The molecule has 1 heterocycles. The Hall–Kier alpha value is -2.64. The molecule has 160 valence electrons. The summed E-state index contributed by atoms with van der Waals surface area (Å²) in [5, 5.41) is 11.7. The van der Waals surface area contributed by atoms with E-state index in [0.29, 0.717) is 0 Å². The number of hydrogen-bond acceptors (Lipinski definition) is 4. The number of carboxylic acid groups (broad SMARTS) is 1. The molecule has 0 spiro atoms. The highest BCUT2D eigenvalue weighted by Gasteiger charge is 2.53. The number of nitrogens with zero attached hydrogens (tertiary/aromatic N) is 1. The van der Waals surface area contributed by atoms with E-state index in [9.17, 15) is 14.7 Å². The van der Waals surface area contributed by atoms with Gasteiger partial charge in [0.05, 0.1) is 13.2 Å². The van der Waals surface area contributed by atoms with Crippen molar-refractivity contribution >= 4 is 30.8 Å². The molecular weight excluding hydrogens is 398 g/mol. The molecule has 30 heavy (non-hydrogen) atoms. The van der Waals surface area contributed by atoms with E-state index in [1.165, 1.54) is 12.0 Å². The maximum absolute atomic E-state index is 12.2. The van der Waals surface area contributed by atoms with Crippen LogP contribution in [0, 0.1) is 0 Å². The Morgan fingerprint density at radius 1 is 1.00 bits per heavy atom. The summed E-state index contributed by atoms with van der Waals surface area (Å²) in [6, 6.07) is 19.4. The quantitative estimate of drug-likeness (QED) is 0.743. The molecule has 3 rings (SSSR count). The highest BCUT2D eigenvalue weighted by molar-refractivity contribution is 6.99. The first-order chi connectivity index (χ1) is 14.2. The van der Waals surface area contributed by atoms with Gasteiger partial charge in [0.25, 0.3) is 8.32 Å². The highest BCUT2D eigenvalue weighted by atomic mass is 28.4. The number of hydrogen-bond donors (Lipinski definition) is 1. The lowest BCUT2D eigenvalue weighted by Crippen LogP contribution is -2.67. The van der Waals surface area contributed by atoms with Gasteiger partial charge >= 0.3 is 12.1 Å². The van der Waals surface area contributed by atoms with Gasteiger partial charge in [-0.1, -0.05) is 81.4 Å². The van der Waals surface area contributed by atoms with Gasteiger partial charge in [0.1, 0.15) is 6.04 Å². The van der Waals surface area contributed by atoms with Crippen LogP contribution in [0.4, 0.5) is 4.79 Å². The lowest BCUT2D eigenvalue weighted by molar-refractivity contribution is -0.141. The fraction of sp³-hybridized carbons (Fsp3) is 0.391. The van der Waals surface area contributed by atoms with Crippen LogP contribution in [0.1, 0.15) is 27.2 Å². The van der Waals surface area contributed by atoms with E-state index in [1.807, 2.05) is 36.4 Å².